The molecule has 3 N–H and O–H groups in total. The van der Waals surface area contributed by atoms with Crippen molar-refractivity contribution in [1.29, 1.82) is 0 Å². The van der Waals surface area contributed by atoms with Crippen LogP contribution in [0.15, 0.2) is 23.8 Å². The Morgan fingerprint density at radius 2 is 2.08 bits per heavy atom. The molecule has 6 nitrogen and oxygen atoms in total. The number of rotatable bonds is 1. The lowest BCUT2D eigenvalue weighted by atomic mass is 9.89. The van der Waals surface area contributed by atoms with Crippen LogP contribution in [0.5, 0.6) is 0 Å². The molecule has 26 heavy (non-hydrogen) atoms. The molecular weight excluding hydrogens is 352 g/mol. The fourth-order valence-electron chi connectivity index (χ4n) is 3.83. The number of hydrogen-bond donors (Lipinski definition) is 3. The SMILES string of the molecule is CC1=CC(=O)NC2CC(CCCC=CCC1)O[C@@](O)([C@@H]1CSC(=O)N1)C2. The van der Waals surface area contributed by atoms with Gasteiger partial charge in [0.25, 0.3) is 5.24 Å². The molecule has 3 aliphatic heterocycles. The van der Waals surface area contributed by atoms with E-state index in [0.717, 1.165) is 49.4 Å². The molecule has 144 valence electrons. The van der Waals surface area contributed by atoms with E-state index in [-0.39, 0.29) is 29.7 Å². The molecule has 0 saturated carbocycles. The molecule has 0 aliphatic carbocycles. The van der Waals surface area contributed by atoms with Crippen LogP contribution in [0, 0.1) is 0 Å². The highest BCUT2D eigenvalue weighted by Gasteiger charge is 2.48. The lowest BCUT2D eigenvalue weighted by Crippen LogP contribution is -2.60. The van der Waals surface area contributed by atoms with E-state index < -0.39 is 11.8 Å². The number of nitrogens with one attached hydrogen (secondary N) is 2. The second-order valence-electron chi connectivity index (χ2n) is 7.46. The molecule has 2 bridgehead atoms. The summed E-state index contributed by atoms with van der Waals surface area (Å²) in [4.78, 5) is 23.9. The number of hydrogen-bond acceptors (Lipinski definition) is 5. The number of thioether (sulfide) groups is 1. The van der Waals surface area contributed by atoms with Crippen molar-refractivity contribution >= 4 is 22.9 Å². The molecule has 2 saturated heterocycles. The van der Waals surface area contributed by atoms with E-state index >= 15 is 0 Å². The standard InChI is InChI=1S/C19H28N2O4S/c1-13-7-5-3-2-4-6-8-15-10-14(20-17(22)9-13)11-19(24,25-15)16-12-26-18(23)21-16/h2-3,9,14-16,24H,4-8,10-12H2,1H3,(H,20,22)(H,21,23)/t14?,15?,16-,19+/m0/s1. The Bertz CT molecular complexity index is 606. The van der Waals surface area contributed by atoms with Gasteiger partial charge >= 0.3 is 0 Å². The van der Waals surface area contributed by atoms with Gasteiger partial charge in [-0.15, -0.1) is 0 Å². The molecule has 0 spiro atoms. The van der Waals surface area contributed by atoms with Gasteiger partial charge in [0.1, 0.15) is 0 Å². The number of allylic oxidation sites excluding steroid dienone is 3. The predicted octanol–water partition coefficient (Wildman–Crippen LogP) is 2.63. The predicted molar refractivity (Wildman–Crippen MR) is 102 cm³/mol. The Labute approximate surface area is 158 Å². The van der Waals surface area contributed by atoms with Gasteiger partial charge in [-0.25, -0.2) is 0 Å². The zero-order chi connectivity index (χ0) is 18.6. The van der Waals surface area contributed by atoms with Crippen molar-refractivity contribution in [3.05, 3.63) is 23.8 Å². The van der Waals surface area contributed by atoms with Gasteiger partial charge in [-0.1, -0.05) is 29.5 Å². The number of carbonyl (C=O) groups excluding carboxylic acids is 2. The van der Waals surface area contributed by atoms with Gasteiger partial charge in [-0.3, -0.25) is 9.59 Å². The van der Waals surface area contributed by atoms with Gasteiger partial charge in [0.15, 0.2) is 5.79 Å². The number of amides is 2. The van der Waals surface area contributed by atoms with Crippen molar-refractivity contribution in [2.45, 2.75) is 75.8 Å². The highest BCUT2D eigenvalue weighted by atomic mass is 32.2. The summed E-state index contributed by atoms with van der Waals surface area (Å²) in [5, 5.41) is 16.8. The third-order valence-corrected chi connectivity index (χ3v) is 6.05. The van der Waals surface area contributed by atoms with Gasteiger partial charge in [0, 0.05) is 24.3 Å². The summed E-state index contributed by atoms with van der Waals surface area (Å²) in [6.45, 7) is 1.97. The quantitative estimate of drug-likeness (QED) is 0.609. The van der Waals surface area contributed by atoms with Crippen molar-refractivity contribution in [1.82, 2.24) is 10.6 Å². The highest BCUT2D eigenvalue weighted by Crippen LogP contribution is 2.35. The van der Waals surface area contributed by atoms with Crippen molar-refractivity contribution in [3.8, 4) is 0 Å². The van der Waals surface area contributed by atoms with Crippen molar-refractivity contribution in [3.63, 3.8) is 0 Å². The van der Waals surface area contributed by atoms with E-state index in [4.69, 9.17) is 4.74 Å². The van der Waals surface area contributed by atoms with E-state index in [0.29, 0.717) is 12.2 Å². The minimum atomic E-state index is -1.44. The van der Waals surface area contributed by atoms with E-state index in [9.17, 15) is 14.7 Å². The summed E-state index contributed by atoms with van der Waals surface area (Å²) < 4.78 is 6.03. The summed E-state index contributed by atoms with van der Waals surface area (Å²) in [7, 11) is 0. The summed E-state index contributed by atoms with van der Waals surface area (Å²) in [6, 6.07) is -0.616. The second-order valence-corrected chi connectivity index (χ2v) is 8.45. The molecule has 3 rings (SSSR count). The molecule has 0 aromatic carbocycles. The normalized spacial score (nSPS) is 36.7. The maximum Gasteiger partial charge on any atom is 0.279 e. The van der Waals surface area contributed by atoms with Gasteiger partial charge in [0.2, 0.25) is 5.91 Å². The Hall–Kier alpha value is -1.31. The molecule has 2 amide bonds. The van der Waals surface area contributed by atoms with Gasteiger partial charge < -0.3 is 20.5 Å². The average Bonchev–Trinajstić information content (AvgIpc) is 3.00. The molecule has 4 atom stereocenters. The van der Waals surface area contributed by atoms with E-state index in [1.807, 2.05) is 6.92 Å². The lowest BCUT2D eigenvalue weighted by Gasteiger charge is -2.44. The molecular formula is C19H28N2O4S. The molecule has 3 heterocycles. The fraction of sp³-hybridized carbons (Fsp3) is 0.684. The van der Waals surface area contributed by atoms with Gasteiger partial charge in [-0.05, 0) is 45.4 Å². The maximum absolute atomic E-state index is 12.3. The van der Waals surface area contributed by atoms with Crippen molar-refractivity contribution in [2.24, 2.45) is 0 Å². The van der Waals surface area contributed by atoms with Crippen LogP contribution in [0.1, 0.15) is 51.9 Å². The molecule has 0 radical (unpaired) electrons. The molecule has 0 aromatic rings. The van der Waals surface area contributed by atoms with Gasteiger partial charge in [-0.2, -0.15) is 0 Å². The van der Waals surface area contributed by atoms with Crippen LogP contribution < -0.4 is 10.6 Å². The summed E-state index contributed by atoms with van der Waals surface area (Å²) in [6.07, 6.45) is 11.4. The van der Waals surface area contributed by atoms with Crippen LogP contribution in [0.4, 0.5) is 4.79 Å². The topological polar surface area (TPSA) is 87.7 Å². The first-order valence-corrected chi connectivity index (χ1v) is 10.4. The van der Waals surface area contributed by atoms with Crippen LogP contribution in [0.2, 0.25) is 0 Å². The van der Waals surface area contributed by atoms with Crippen molar-refractivity contribution in [2.75, 3.05) is 5.75 Å². The summed E-state index contributed by atoms with van der Waals surface area (Å²) in [5.74, 6) is -1.09. The number of fused-ring (bicyclic) bond motifs is 2. The largest absolute Gasteiger partial charge is 0.364 e. The molecule has 7 heteroatoms. The van der Waals surface area contributed by atoms with Crippen molar-refractivity contribution < 1.29 is 19.4 Å². The van der Waals surface area contributed by atoms with Crippen LogP contribution in [-0.4, -0.2) is 46.0 Å². The van der Waals surface area contributed by atoms with E-state index in [1.54, 1.807) is 6.08 Å². The molecule has 0 aromatic heterocycles. The van der Waals surface area contributed by atoms with Crippen LogP contribution in [0.3, 0.4) is 0 Å². The smallest absolute Gasteiger partial charge is 0.279 e. The summed E-state index contributed by atoms with van der Waals surface area (Å²) in [5.41, 5.74) is 1.04. The monoisotopic (exact) mass is 380 g/mol. The van der Waals surface area contributed by atoms with E-state index in [2.05, 4.69) is 22.8 Å². The second kappa shape index (κ2) is 8.59. The molecule has 2 fully saturated rings. The Kier molecular flexibility index (Phi) is 6.42. The molecule has 3 aliphatic rings. The van der Waals surface area contributed by atoms with Crippen LogP contribution >= 0.6 is 11.8 Å². The number of ether oxygens (including phenoxy) is 1. The fourth-order valence-corrected chi connectivity index (χ4v) is 4.71. The summed E-state index contributed by atoms with van der Waals surface area (Å²) >= 11 is 1.16. The minimum absolute atomic E-state index is 0.124. The molecule has 2 unspecified atom stereocenters. The number of carbonyl (C=O) groups is 2. The minimum Gasteiger partial charge on any atom is -0.364 e. The van der Waals surface area contributed by atoms with Crippen LogP contribution in [0.25, 0.3) is 0 Å². The Morgan fingerprint density at radius 1 is 1.27 bits per heavy atom. The number of aliphatic hydroxyl groups is 1. The Morgan fingerprint density at radius 3 is 2.85 bits per heavy atom. The highest BCUT2D eigenvalue weighted by molar-refractivity contribution is 8.14. The first-order chi connectivity index (χ1) is 12.4. The lowest BCUT2D eigenvalue weighted by molar-refractivity contribution is -0.269. The average molecular weight is 381 g/mol. The first kappa shape index (κ1) is 19.5. The zero-order valence-corrected chi connectivity index (χ0v) is 16.0. The van der Waals surface area contributed by atoms with Crippen LogP contribution in [-0.2, 0) is 9.53 Å². The maximum atomic E-state index is 12.3. The Balaban J connectivity index is 1.76. The van der Waals surface area contributed by atoms with E-state index in [1.165, 1.54) is 0 Å². The third-order valence-electron chi connectivity index (χ3n) is 5.17. The third kappa shape index (κ3) is 5.11. The van der Waals surface area contributed by atoms with Gasteiger partial charge in [0.05, 0.1) is 12.1 Å². The zero-order valence-electron chi connectivity index (χ0n) is 15.2. The first-order valence-electron chi connectivity index (χ1n) is 9.41.